The lowest BCUT2D eigenvalue weighted by Gasteiger charge is -2.33. The molecule has 0 spiro atoms. The lowest BCUT2D eigenvalue weighted by molar-refractivity contribution is -0.00437. The summed E-state index contributed by atoms with van der Waals surface area (Å²) < 4.78 is 5.50. The third kappa shape index (κ3) is 4.29. The molecule has 2 atom stereocenters. The van der Waals surface area contributed by atoms with Crippen molar-refractivity contribution in [3.8, 4) is 0 Å². The molecule has 21 heavy (non-hydrogen) atoms. The van der Waals surface area contributed by atoms with Gasteiger partial charge in [0.25, 0.3) is 0 Å². The number of ether oxygens (including phenoxy) is 1. The molecule has 0 bridgehead atoms. The molecule has 0 amide bonds. The molecule has 3 nitrogen and oxygen atoms in total. The Kier molecular flexibility index (Phi) is 4.94. The Morgan fingerprint density at radius 1 is 1.29 bits per heavy atom. The Balaban J connectivity index is 1.52. The average molecular weight is 288 g/mol. The van der Waals surface area contributed by atoms with Gasteiger partial charge in [-0.3, -0.25) is 4.90 Å². The van der Waals surface area contributed by atoms with E-state index in [-0.39, 0.29) is 0 Å². The van der Waals surface area contributed by atoms with Crippen molar-refractivity contribution < 1.29 is 4.74 Å². The van der Waals surface area contributed by atoms with Crippen LogP contribution in [0.25, 0.3) is 0 Å². The van der Waals surface area contributed by atoms with E-state index in [0.717, 1.165) is 38.9 Å². The van der Waals surface area contributed by atoms with Gasteiger partial charge in [-0.2, -0.15) is 0 Å². The van der Waals surface area contributed by atoms with Crippen molar-refractivity contribution in [3.05, 3.63) is 35.4 Å². The largest absolute Gasteiger partial charge is 0.379 e. The molecule has 1 saturated heterocycles. The summed E-state index contributed by atoms with van der Waals surface area (Å²) >= 11 is 0. The summed E-state index contributed by atoms with van der Waals surface area (Å²) in [6.45, 7) is 9.48. The van der Waals surface area contributed by atoms with Crippen LogP contribution in [0.1, 0.15) is 43.7 Å². The molecule has 1 N–H and O–H groups in total. The maximum atomic E-state index is 5.50. The summed E-state index contributed by atoms with van der Waals surface area (Å²) in [6.07, 6.45) is 2.73. The minimum Gasteiger partial charge on any atom is -0.379 e. The van der Waals surface area contributed by atoms with Gasteiger partial charge in [-0.1, -0.05) is 31.2 Å². The zero-order valence-electron chi connectivity index (χ0n) is 13.3. The number of nitrogens with one attached hydrogen (secondary N) is 1. The van der Waals surface area contributed by atoms with Crippen LogP contribution in [0.5, 0.6) is 0 Å². The minimum atomic E-state index is 0.528. The number of hydrogen-bond donors (Lipinski definition) is 1. The highest BCUT2D eigenvalue weighted by Gasteiger charge is 2.21. The van der Waals surface area contributed by atoms with Crippen molar-refractivity contribution in [2.75, 3.05) is 26.3 Å². The van der Waals surface area contributed by atoms with Gasteiger partial charge in [0.15, 0.2) is 0 Å². The zero-order valence-corrected chi connectivity index (χ0v) is 13.3. The van der Waals surface area contributed by atoms with Crippen molar-refractivity contribution in [2.45, 2.75) is 51.2 Å². The van der Waals surface area contributed by atoms with E-state index in [1.165, 1.54) is 24.0 Å². The molecule has 3 heteroatoms. The van der Waals surface area contributed by atoms with Crippen LogP contribution in [0.15, 0.2) is 24.3 Å². The van der Waals surface area contributed by atoms with E-state index >= 15 is 0 Å². The van der Waals surface area contributed by atoms with E-state index in [2.05, 4.69) is 48.3 Å². The normalized spacial score (nSPS) is 25.0. The Hall–Kier alpha value is -0.900. The fourth-order valence-corrected chi connectivity index (χ4v) is 2.93. The summed E-state index contributed by atoms with van der Waals surface area (Å²) in [6, 6.07) is 10.5. The first-order chi connectivity index (χ1) is 10.2. The number of nitrogens with zero attached hydrogens (tertiary/aromatic N) is 1. The Labute approximate surface area is 128 Å². The van der Waals surface area contributed by atoms with Crippen molar-refractivity contribution in [3.63, 3.8) is 0 Å². The molecule has 2 unspecified atom stereocenters. The standard InChI is InChI=1S/C18H28N2O/c1-14(11-19-18-7-8-18)17-5-3-16(4-6-17)12-20-9-10-21-13-15(20)2/h3-6,14-15,18-19H,7-13H2,1-2H3. The van der Waals surface area contributed by atoms with E-state index in [0.29, 0.717) is 12.0 Å². The first kappa shape index (κ1) is 15.0. The SMILES string of the molecule is CC(CNC1CC1)c1ccc(CN2CCOCC2C)cc1. The van der Waals surface area contributed by atoms with Gasteiger partial charge in [-0.25, -0.2) is 0 Å². The minimum absolute atomic E-state index is 0.528. The molecule has 2 aliphatic rings. The Morgan fingerprint density at radius 2 is 2.05 bits per heavy atom. The molecule has 0 aromatic heterocycles. The summed E-state index contributed by atoms with van der Waals surface area (Å²) in [4.78, 5) is 2.51. The van der Waals surface area contributed by atoms with Crippen LogP contribution in [0.3, 0.4) is 0 Å². The van der Waals surface area contributed by atoms with Crippen molar-refractivity contribution in [1.82, 2.24) is 10.2 Å². The first-order valence-electron chi connectivity index (χ1n) is 8.36. The first-order valence-corrected chi connectivity index (χ1v) is 8.36. The van der Waals surface area contributed by atoms with E-state index < -0.39 is 0 Å². The molecule has 1 heterocycles. The Bertz CT molecular complexity index is 441. The average Bonchev–Trinajstić information content (AvgIpc) is 3.32. The Morgan fingerprint density at radius 3 is 2.71 bits per heavy atom. The van der Waals surface area contributed by atoms with Crippen molar-refractivity contribution in [1.29, 1.82) is 0 Å². The molecule has 0 radical (unpaired) electrons. The maximum Gasteiger partial charge on any atom is 0.0619 e. The molecule has 1 aliphatic carbocycles. The van der Waals surface area contributed by atoms with Crippen LogP contribution in [-0.2, 0) is 11.3 Å². The zero-order chi connectivity index (χ0) is 14.7. The van der Waals surface area contributed by atoms with Crippen LogP contribution >= 0.6 is 0 Å². The van der Waals surface area contributed by atoms with Crippen LogP contribution in [0, 0.1) is 0 Å². The van der Waals surface area contributed by atoms with Crippen LogP contribution in [0.4, 0.5) is 0 Å². The molecule has 2 fully saturated rings. The number of hydrogen-bond acceptors (Lipinski definition) is 3. The van der Waals surface area contributed by atoms with E-state index in [1.54, 1.807) is 0 Å². The van der Waals surface area contributed by atoms with Gasteiger partial charge in [0, 0.05) is 31.7 Å². The molecular weight excluding hydrogens is 260 g/mol. The fourth-order valence-electron chi connectivity index (χ4n) is 2.93. The summed E-state index contributed by atoms with van der Waals surface area (Å²) in [7, 11) is 0. The second-order valence-electron chi connectivity index (χ2n) is 6.72. The van der Waals surface area contributed by atoms with Crippen molar-refractivity contribution >= 4 is 0 Å². The molecule has 1 aromatic rings. The van der Waals surface area contributed by atoms with Gasteiger partial charge in [-0.15, -0.1) is 0 Å². The number of morpholine rings is 1. The highest BCUT2D eigenvalue weighted by atomic mass is 16.5. The highest BCUT2D eigenvalue weighted by molar-refractivity contribution is 5.25. The highest BCUT2D eigenvalue weighted by Crippen LogP contribution is 2.22. The predicted molar refractivity (Wildman–Crippen MR) is 86.6 cm³/mol. The third-order valence-corrected chi connectivity index (χ3v) is 4.73. The maximum absolute atomic E-state index is 5.50. The van der Waals surface area contributed by atoms with E-state index in [9.17, 15) is 0 Å². The van der Waals surface area contributed by atoms with Crippen molar-refractivity contribution in [2.24, 2.45) is 0 Å². The van der Waals surface area contributed by atoms with E-state index in [4.69, 9.17) is 4.74 Å². The summed E-state index contributed by atoms with van der Waals surface area (Å²) in [5, 5.41) is 3.62. The van der Waals surface area contributed by atoms with Crippen LogP contribution < -0.4 is 5.32 Å². The second kappa shape index (κ2) is 6.91. The summed E-state index contributed by atoms with van der Waals surface area (Å²) in [5.74, 6) is 0.599. The quantitative estimate of drug-likeness (QED) is 0.871. The third-order valence-electron chi connectivity index (χ3n) is 4.73. The second-order valence-corrected chi connectivity index (χ2v) is 6.72. The van der Waals surface area contributed by atoms with Gasteiger partial charge in [-0.05, 0) is 36.8 Å². The fraction of sp³-hybridized carbons (Fsp3) is 0.667. The molecule has 3 rings (SSSR count). The summed E-state index contributed by atoms with van der Waals surface area (Å²) in [5.41, 5.74) is 2.86. The monoisotopic (exact) mass is 288 g/mol. The van der Waals surface area contributed by atoms with Gasteiger partial charge < -0.3 is 10.1 Å². The smallest absolute Gasteiger partial charge is 0.0619 e. The van der Waals surface area contributed by atoms with Gasteiger partial charge in [0.1, 0.15) is 0 Å². The molecule has 1 aliphatic heterocycles. The predicted octanol–water partition coefficient (Wildman–Crippen LogP) is 2.76. The number of rotatable bonds is 6. The molecule has 116 valence electrons. The molecule has 1 saturated carbocycles. The van der Waals surface area contributed by atoms with Gasteiger partial charge >= 0.3 is 0 Å². The van der Waals surface area contributed by atoms with Crippen LogP contribution in [-0.4, -0.2) is 43.3 Å². The lowest BCUT2D eigenvalue weighted by atomic mass is 9.99. The van der Waals surface area contributed by atoms with Gasteiger partial charge in [0.05, 0.1) is 13.2 Å². The van der Waals surface area contributed by atoms with Crippen LogP contribution in [0.2, 0.25) is 0 Å². The molecule has 1 aromatic carbocycles. The number of benzene rings is 1. The lowest BCUT2D eigenvalue weighted by Crippen LogP contribution is -2.42. The van der Waals surface area contributed by atoms with E-state index in [1.807, 2.05) is 0 Å². The topological polar surface area (TPSA) is 24.5 Å². The van der Waals surface area contributed by atoms with Gasteiger partial charge in [0.2, 0.25) is 0 Å². The molecular formula is C18H28N2O.